The summed E-state index contributed by atoms with van der Waals surface area (Å²) in [4.78, 5) is 36.7. The Morgan fingerprint density at radius 3 is 2.44 bits per heavy atom. The molecule has 0 aliphatic heterocycles. The monoisotopic (exact) mass is 352 g/mol. The second-order valence-electron chi connectivity index (χ2n) is 7.11. The zero-order chi connectivity index (χ0) is 19.2. The summed E-state index contributed by atoms with van der Waals surface area (Å²) < 4.78 is 6.70. The Kier molecular flexibility index (Phi) is 7.14. The molecule has 0 saturated carbocycles. The van der Waals surface area contributed by atoms with Crippen LogP contribution < -0.4 is 5.32 Å². The van der Waals surface area contributed by atoms with Crippen LogP contribution in [-0.2, 0) is 25.7 Å². The van der Waals surface area contributed by atoms with Crippen LogP contribution in [0.5, 0.6) is 0 Å². The Morgan fingerprint density at radius 2 is 1.92 bits per heavy atom. The van der Waals surface area contributed by atoms with E-state index in [0.717, 1.165) is 11.4 Å². The highest BCUT2D eigenvalue weighted by atomic mass is 16.5. The molecule has 1 heterocycles. The maximum absolute atomic E-state index is 11.9. The fourth-order valence-corrected chi connectivity index (χ4v) is 2.18. The van der Waals surface area contributed by atoms with Crippen molar-refractivity contribution in [3.05, 3.63) is 17.5 Å². The molecular weight excluding hydrogens is 324 g/mol. The molecule has 25 heavy (non-hydrogen) atoms. The molecule has 2 amide bonds. The first kappa shape index (κ1) is 20.7. The molecule has 1 rings (SSSR count). The summed E-state index contributed by atoms with van der Waals surface area (Å²) in [5.74, 6) is -1.17. The Morgan fingerprint density at radius 1 is 1.28 bits per heavy atom. The lowest BCUT2D eigenvalue weighted by molar-refractivity contribution is -0.152. The Hall–Kier alpha value is -2.38. The van der Waals surface area contributed by atoms with E-state index in [1.807, 2.05) is 40.7 Å². The molecule has 140 valence electrons. The van der Waals surface area contributed by atoms with Gasteiger partial charge in [-0.2, -0.15) is 5.10 Å². The maximum Gasteiger partial charge on any atom is 0.308 e. The molecule has 0 saturated heterocycles. The highest BCUT2D eigenvalue weighted by molar-refractivity contribution is 5.86. The molecule has 0 unspecified atom stereocenters. The standard InChI is InChI=1S/C17H28N4O4/c1-12-9-13(2)21(19-12)8-7-16(24)25-11-15(23)20(6)10-14(22)18-17(3,4)5/h9H,7-8,10-11H2,1-6H3,(H,18,22). The number of aryl methyl sites for hydroxylation is 3. The lowest BCUT2D eigenvalue weighted by Crippen LogP contribution is -2.46. The van der Waals surface area contributed by atoms with E-state index in [-0.39, 0.29) is 31.0 Å². The minimum absolute atomic E-state index is 0.0839. The van der Waals surface area contributed by atoms with Crippen LogP contribution in [0.2, 0.25) is 0 Å². The number of hydrogen-bond donors (Lipinski definition) is 1. The third-order valence-electron chi connectivity index (χ3n) is 3.31. The van der Waals surface area contributed by atoms with Gasteiger partial charge in [0.05, 0.1) is 25.2 Å². The summed E-state index contributed by atoms with van der Waals surface area (Å²) in [5.41, 5.74) is 1.48. The second-order valence-corrected chi connectivity index (χ2v) is 7.11. The number of esters is 1. The Balaban J connectivity index is 2.33. The molecule has 0 fully saturated rings. The van der Waals surface area contributed by atoms with Gasteiger partial charge in [-0.15, -0.1) is 0 Å². The van der Waals surface area contributed by atoms with Gasteiger partial charge in [-0.25, -0.2) is 0 Å². The molecule has 8 nitrogen and oxygen atoms in total. The van der Waals surface area contributed by atoms with E-state index < -0.39 is 11.9 Å². The molecule has 1 aromatic heterocycles. The van der Waals surface area contributed by atoms with Crippen molar-refractivity contribution in [2.24, 2.45) is 0 Å². The summed E-state index contributed by atoms with van der Waals surface area (Å²) in [6, 6.07) is 1.92. The van der Waals surface area contributed by atoms with Gasteiger partial charge >= 0.3 is 5.97 Å². The van der Waals surface area contributed by atoms with Crippen LogP contribution in [0.25, 0.3) is 0 Å². The third-order valence-corrected chi connectivity index (χ3v) is 3.31. The summed E-state index contributed by atoms with van der Waals surface area (Å²) >= 11 is 0. The van der Waals surface area contributed by atoms with Gasteiger partial charge in [-0.3, -0.25) is 19.1 Å². The number of nitrogens with zero attached hydrogens (tertiary/aromatic N) is 3. The Bertz CT molecular complexity index is 631. The van der Waals surface area contributed by atoms with Crippen LogP contribution in [0, 0.1) is 13.8 Å². The fraction of sp³-hybridized carbons (Fsp3) is 0.647. The third kappa shape index (κ3) is 7.82. The van der Waals surface area contributed by atoms with E-state index in [4.69, 9.17) is 4.74 Å². The molecule has 0 bridgehead atoms. The van der Waals surface area contributed by atoms with Crippen molar-refractivity contribution in [1.82, 2.24) is 20.0 Å². The normalized spacial score (nSPS) is 11.1. The first-order valence-electron chi connectivity index (χ1n) is 8.19. The molecule has 1 aromatic rings. The van der Waals surface area contributed by atoms with Crippen LogP contribution in [0.3, 0.4) is 0 Å². The van der Waals surface area contributed by atoms with E-state index >= 15 is 0 Å². The number of rotatable bonds is 7. The quantitative estimate of drug-likeness (QED) is 0.733. The summed E-state index contributed by atoms with van der Waals surface area (Å²) in [7, 11) is 1.49. The Labute approximate surface area is 148 Å². The predicted octanol–water partition coefficient (Wildman–Crippen LogP) is 0.806. The minimum Gasteiger partial charge on any atom is -0.456 e. The molecule has 0 aliphatic rings. The first-order chi connectivity index (χ1) is 11.5. The molecule has 0 atom stereocenters. The summed E-state index contributed by atoms with van der Waals surface area (Å²) in [6.07, 6.45) is 0.128. The van der Waals surface area contributed by atoms with Crippen LogP contribution in [0.1, 0.15) is 38.6 Å². The first-order valence-corrected chi connectivity index (χ1v) is 8.19. The number of aromatic nitrogens is 2. The van der Waals surface area contributed by atoms with Gasteiger partial charge in [-0.1, -0.05) is 0 Å². The number of amides is 2. The summed E-state index contributed by atoms with van der Waals surface area (Å²) in [5, 5.41) is 7.02. The highest BCUT2D eigenvalue weighted by Crippen LogP contribution is 2.03. The van der Waals surface area contributed by atoms with E-state index in [1.54, 1.807) is 4.68 Å². The van der Waals surface area contributed by atoms with Gasteiger partial charge < -0.3 is 15.0 Å². The SMILES string of the molecule is Cc1cc(C)n(CCC(=O)OCC(=O)N(C)CC(=O)NC(C)(C)C)n1. The molecule has 0 spiro atoms. The molecular formula is C17H28N4O4. The average molecular weight is 352 g/mol. The van der Waals surface area contributed by atoms with Gasteiger partial charge in [0.25, 0.3) is 5.91 Å². The molecule has 8 heteroatoms. The number of ether oxygens (including phenoxy) is 1. The average Bonchev–Trinajstić information content (AvgIpc) is 2.78. The van der Waals surface area contributed by atoms with E-state index in [2.05, 4.69) is 10.4 Å². The van der Waals surface area contributed by atoms with E-state index in [1.165, 1.54) is 11.9 Å². The van der Waals surface area contributed by atoms with Crippen molar-refractivity contribution in [3.8, 4) is 0 Å². The van der Waals surface area contributed by atoms with Gasteiger partial charge in [0.1, 0.15) is 0 Å². The lowest BCUT2D eigenvalue weighted by atomic mass is 10.1. The van der Waals surface area contributed by atoms with Crippen molar-refractivity contribution < 1.29 is 19.1 Å². The zero-order valence-electron chi connectivity index (χ0n) is 15.9. The number of likely N-dealkylation sites (N-methyl/N-ethyl adjacent to an activating group) is 1. The van der Waals surface area contributed by atoms with E-state index in [9.17, 15) is 14.4 Å². The lowest BCUT2D eigenvalue weighted by Gasteiger charge is -2.23. The zero-order valence-corrected chi connectivity index (χ0v) is 15.9. The summed E-state index contributed by atoms with van der Waals surface area (Å²) in [6.45, 7) is 9.30. The van der Waals surface area contributed by atoms with Crippen LogP contribution in [0.15, 0.2) is 6.07 Å². The second kappa shape index (κ2) is 8.64. The van der Waals surface area contributed by atoms with Crippen molar-refractivity contribution in [1.29, 1.82) is 0 Å². The number of carbonyl (C=O) groups excluding carboxylic acids is 3. The van der Waals surface area contributed by atoms with Gasteiger partial charge in [0, 0.05) is 18.3 Å². The van der Waals surface area contributed by atoms with Gasteiger partial charge in [-0.05, 0) is 40.7 Å². The molecule has 0 aliphatic carbocycles. The number of nitrogens with one attached hydrogen (secondary N) is 1. The minimum atomic E-state index is -0.478. The van der Waals surface area contributed by atoms with Gasteiger partial charge in [0.15, 0.2) is 6.61 Å². The van der Waals surface area contributed by atoms with Crippen molar-refractivity contribution in [3.63, 3.8) is 0 Å². The van der Waals surface area contributed by atoms with E-state index in [0.29, 0.717) is 6.54 Å². The molecule has 1 N–H and O–H groups in total. The fourth-order valence-electron chi connectivity index (χ4n) is 2.18. The van der Waals surface area contributed by atoms with Crippen LogP contribution >= 0.6 is 0 Å². The number of hydrogen-bond acceptors (Lipinski definition) is 5. The van der Waals surface area contributed by atoms with Crippen molar-refractivity contribution >= 4 is 17.8 Å². The van der Waals surface area contributed by atoms with Crippen molar-refractivity contribution in [2.75, 3.05) is 20.2 Å². The smallest absolute Gasteiger partial charge is 0.308 e. The molecule has 0 radical (unpaired) electrons. The van der Waals surface area contributed by atoms with Crippen LogP contribution in [-0.4, -0.2) is 58.2 Å². The van der Waals surface area contributed by atoms with Gasteiger partial charge in [0.2, 0.25) is 5.91 Å². The highest BCUT2D eigenvalue weighted by Gasteiger charge is 2.18. The molecule has 0 aromatic carbocycles. The maximum atomic E-state index is 11.9. The topological polar surface area (TPSA) is 93.5 Å². The predicted molar refractivity (Wildman–Crippen MR) is 92.8 cm³/mol. The number of carbonyl (C=O) groups is 3. The van der Waals surface area contributed by atoms with Crippen molar-refractivity contribution in [2.45, 2.75) is 53.1 Å². The van der Waals surface area contributed by atoms with Crippen LogP contribution in [0.4, 0.5) is 0 Å². The largest absolute Gasteiger partial charge is 0.456 e.